The van der Waals surface area contributed by atoms with Gasteiger partial charge in [-0.3, -0.25) is 9.59 Å². The lowest BCUT2D eigenvalue weighted by atomic mass is 9.82. The smallest absolute Gasteiger partial charge is 0.246 e. The third-order valence-corrected chi connectivity index (χ3v) is 5.81. The molecule has 6 nitrogen and oxygen atoms in total. The number of amides is 1. The Bertz CT molecular complexity index is 989. The van der Waals surface area contributed by atoms with Crippen LogP contribution in [0.1, 0.15) is 35.2 Å². The van der Waals surface area contributed by atoms with Crippen LogP contribution in [-0.4, -0.2) is 49.5 Å². The van der Waals surface area contributed by atoms with Gasteiger partial charge in [0.15, 0.2) is 17.3 Å². The molecule has 0 saturated carbocycles. The Hall–Kier alpha value is -3.28. The van der Waals surface area contributed by atoms with Crippen LogP contribution in [0.15, 0.2) is 48.5 Å². The number of piperidine rings is 1. The van der Waals surface area contributed by atoms with Crippen molar-refractivity contribution >= 4 is 17.8 Å². The van der Waals surface area contributed by atoms with Gasteiger partial charge in [-0.1, -0.05) is 18.2 Å². The molecule has 156 valence electrons. The number of hydrogen-bond donors (Lipinski definition) is 0. The standard InChI is InChI=1S/C24H25NO5/c1-28-21-9-7-17(15-22(21)29-2)8-10-23(27)25-13-11-24(12-14-25)16-19(26)18-5-3-4-6-20(18)30-24/h3-10,15H,11-14,16H2,1-2H3. The molecular weight excluding hydrogens is 382 g/mol. The summed E-state index contributed by atoms with van der Waals surface area (Å²) >= 11 is 0. The molecule has 0 N–H and O–H groups in total. The highest BCUT2D eigenvalue weighted by atomic mass is 16.5. The Morgan fingerprint density at radius 3 is 2.53 bits per heavy atom. The Morgan fingerprint density at radius 2 is 1.80 bits per heavy atom. The first-order valence-corrected chi connectivity index (χ1v) is 10.0. The number of nitrogens with zero attached hydrogens (tertiary/aromatic N) is 1. The Balaban J connectivity index is 1.39. The van der Waals surface area contributed by atoms with Crippen molar-refractivity contribution in [3.05, 3.63) is 59.7 Å². The molecule has 4 rings (SSSR count). The van der Waals surface area contributed by atoms with Crippen LogP contribution in [0.25, 0.3) is 6.08 Å². The van der Waals surface area contributed by atoms with Crippen molar-refractivity contribution in [2.45, 2.75) is 24.9 Å². The van der Waals surface area contributed by atoms with E-state index in [1.807, 2.05) is 42.5 Å². The van der Waals surface area contributed by atoms with Crippen LogP contribution in [0.5, 0.6) is 17.2 Å². The van der Waals surface area contributed by atoms with Gasteiger partial charge in [-0.2, -0.15) is 0 Å². The first kappa shape index (κ1) is 20.0. The molecule has 0 radical (unpaired) electrons. The van der Waals surface area contributed by atoms with Crippen LogP contribution in [-0.2, 0) is 4.79 Å². The number of carbonyl (C=O) groups is 2. The number of para-hydroxylation sites is 1. The van der Waals surface area contributed by atoms with E-state index in [1.165, 1.54) is 0 Å². The van der Waals surface area contributed by atoms with E-state index in [2.05, 4.69) is 0 Å². The van der Waals surface area contributed by atoms with Gasteiger partial charge >= 0.3 is 0 Å². The van der Waals surface area contributed by atoms with Crippen molar-refractivity contribution in [1.29, 1.82) is 0 Å². The zero-order valence-corrected chi connectivity index (χ0v) is 17.2. The monoisotopic (exact) mass is 407 g/mol. The molecule has 2 aliphatic rings. The maximum Gasteiger partial charge on any atom is 0.246 e. The lowest BCUT2D eigenvalue weighted by molar-refractivity contribution is -0.129. The molecule has 0 aromatic heterocycles. The molecule has 1 fully saturated rings. The first-order valence-electron chi connectivity index (χ1n) is 10.0. The molecule has 2 heterocycles. The molecule has 2 aliphatic heterocycles. The van der Waals surface area contributed by atoms with E-state index >= 15 is 0 Å². The summed E-state index contributed by atoms with van der Waals surface area (Å²) in [7, 11) is 3.17. The highest BCUT2D eigenvalue weighted by Crippen LogP contribution is 2.39. The number of benzene rings is 2. The summed E-state index contributed by atoms with van der Waals surface area (Å²) in [5.74, 6) is 1.98. The second kappa shape index (κ2) is 8.22. The third-order valence-electron chi connectivity index (χ3n) is 5.81. The number of ether oxygens (including phenoxy) is 3. The average molecular weight is 407 g/mol. The third kappa shape index (κ3) is 3.90. The molecule has 2 aromatic carbocycles. The van der Waals surface area contributed by atoms with Gasteiger partial charge in [0.05, 0.1) is 26.2 Å². The highest BCUT2D eigenvalue weighted by Gasteiger charge is 2.43. The fraction of sp³-hybridized carbons (Fsp3) is 0.333. The number of ketones is 1. The molecule has 1 saturated heterocycles. The molecule has 0 unspecified atom stereocenters. The number of carbonyl (C=O) groups excluding carboxylic acids is 2. The van der Waals surface area contributed by atoms with Crippen LogP contribution in [0, 0.1) is 0 Å². The summed E-state index contributed by atoms with van der Waals surface area (Å²) < 4.78 is 16.8. The fourth-order valence-corrected chi connectivity index (χ4v) is 4.09. The van der Waals surface area contributed by atoms with Crippen molar-refractivity contribution in [2.75, 3.05) is 27.3 Å². The second-order valence-electron chi connectivity index (χ2n) is 7.65. The number of rotatable bonds is 4. The first-order chi connectivity index (χ1) is 14.5. The predicted molar refractivity (Wildman–Crippen MR) is 113 cm³/mol. The van der Waals surface area contributed by atoms with E-state index in [0.717, 1.165) is 5.56 Å². The van der Waals surface area contributed by atoms with Gasteiger partial charge in [-0.25, -0.2) is 0 Å². The largest absolute Gasteiger partial charge is 0.493 e. The summed E-state index contributed by atoms with van der Waals surface area (Å²) in [6.45, 7) is 1.12. The minimum atomic E-state index is -0.505. The molecule has 30 heavy (non-hydrogen) atoms. The topological polar surface area (TPSA) is 65.1 Å². The molecule has 2 aromatic rings. The quantitative estimate of drug-likeness (QED) is 0.723. The minimum absolute atomic E-state index is 0.0535. The summed E-state index contributed by atoms with van der Waals surface area (Å²) in [5, 5.41) is 0. The molecule has 1 amide bonds. The molecule has 0 bridgehead atoms. The Kier molecular flexibility index (Phi) is 5.48. The average Bonchev–Trinajstić information content (AvgIpc) is 2.77. The normalized spacial score (nSPS) is 17.5. The van der Waals surface area contributed by atoms with Gasteiger partial charge in [0.2, 0.25) is 5.91 Å². The lowest BCUT2D eigenvalue weighted by Crippen LogP contribution is -2.52. The summed E-state index contributed by atoms with van der Waals surface area (Å²) in [6.07, 6.45) is 4.99. The van der Waals surface area contributed by atoms with Crippen LogP contribution in [0.4, 0.5) is 0 Å². The molecule has 0 aliphatic carbocycles. The second-order valence-corrected chi connectivity index (χ2v) is 7.65. The molecule has 6 heteroatoms. The van der Waals surface area contributed by atoms with Crippen molar-refractivity contribution in [3.63, 3.8) is 0 Å². The lowest BCUT2D eigenvalue weighted by Gasteiger charge is -2.43. The number of methoxy groups -OCH3 is 2. The number of hydrogen-bond acceptors (Lipinski definition) is 5. The van der Waals surface area contributed by atoms with Gasteiger partial charge in [0, 0.05) is 32.0 Å². The van der Waals surface area contributed by atoms with Gasteiger partial charge in [0.25, 0.3) is 0 Å². The van der Waals surface area contributed by atoms with E-state index in [0.29, 0.717) is 55.2 Å². The van der Waals surface area contributed by atoms with E-state index in [1.54, 1.807) is 31.3 Å². The van der Waals surface area contributed by atoms with Crippen LogP contribution >= 0.6 is 0 Å². The van der Waals surface area contributed by atoms with E-state index in [-0.39, 0.29) is 11.7 Å². The van der Waals surface area contributed by atoms with Crippen molar-refractivity contribution in [2.24, 2.45) is 0 Å². The number of Topliss-reactive ketones (excluding diaryl/α,β-unsaturated/α-hetero) is 1. The fourth-order valence-electron chi connectivity index (χ4n) is 4.09. The summed E-state index contributed by atoms with van der Waals surface area (Å²) in [5.41, 5.74) is 1.00. The van der Waals surface area contributed by atoms with Gasteiger partial charge in [-0.15, -0.1) is 0 Å². The predicted octanol–water partition coefficient (Wildman–Crippen LogP) is 3.74. The number of fused-ring (bicyclic) bond motifs is 1. The molecular formula is C24H25NO5. The van der Waals surface area contributed by atoms with Crippen LogP contribution in [0.2, 0.25) is 0 Å². The van der Waals surface area contributed by atoms with Crippen LogP contribution < -0.4 is 14.2 Å². The maximum absolute atomic E-state index is 12.7. The van der Waals surface area contributed by atoms with Gasteiger partial charge in [0.1, 0.15) is 11.4 Å². The number of likely N-dealkylation sites (tertiary alicyclic amines) is 1. The molecule has 0 atom stereocenters. The van der Waals surface area contributed by atoms with Crippen molar-refractivity contribution in [1.82, 2.24) is 4.90 Å². The summed E-state index contributed by atoms with van der Waals surface area (Å²) in [4.78, 5) is 27.0. The Labute approximate surface area is 176 Å². The zero-order chi connectivity index (χ0) is 21.1. The van der Waals surface area contributed by atoms with Crippen molar-refractivity contribution < 1.29 is 23.8 Å². The van der Waals surface area contributed by atoms with E-state index in [9.17, 15) is 9.59 Å². The molecule has 1 spiro atoms. The maximum atomic E-state index is 12.7. The van der Waals surface area contributed by atoms with Gasteiger partial charge < -0.3 is 19.1 Å². The zero-order valence-electron chi connectivity index (χ0n) is 17.2. The van der Waals surface area contributed by atoms with Crippen molar-refractivity contribution in [3.8, 4) is 17.2 Å². The summed E-state index contributed by atoms with van der Waals surface area (Å²) in [6, 6.07) is 12.9. The minimum Gasteiger partial charge on any atom is -0.493 e. The van der Waals surface area contributed by atoms with E-state index < -0.39 is 5.60 Å². The highest BCUT2D eigenvalue weighted by molar-refractivity contribution is 6.00. The SMILES string of the molecule is COc1ccc(C=CC(=O)N2CCC3(CC2)CC(=O)c2ccccc2O3)cc1OC. The van der Waals surface area contributed by atoms with Crippen LogP contribution in [0.3, 0.4) is 0 Å². The van der Waals surface area contributed by atoms with E-state index in [4.69, 9.17) is 14.2 Å². The Morgan fingerprint density at radius 1 is 1.07 bits per heavy atom. The van der Waals surface area contributed by atoms with Gasteiger partial charge in [-0.05, 0) is 35.9 Å².